The van der Waals surface area contributed by atoms with E-state index in [9.17, 15) is 14.7 Å². The lowest BCUT2D eigenvalue weighted by molar-refractivity contribution is -0.172. The first kappa shape index (κ1) is 13.0. The number of nitrogens with one attached hydrogen (secondary N) is 1. The van der Waals surface area contributed by atoms with Gasteiger partial charge in [0.15, 0.2) is 0 Å². The molecule has 1 heterocycles. The lowest BCUT2D eigenvalue weighted by atomic mass is 9.89. The van der Waals surface area contributed by atoms with Crippen molar-refractivity contribution < 1.29 is 19.4 Å². The molecule has 5 heteroatoms. The summed E-state index contributed by atoms with van der Waals surface area (Å²) in [7, 11) is 0. The summed E-state index contributed by atoms with van der Waals surface area (Å²) in [5.41, 5.74) is -2.22. The Hall–Kier alpha value is -1.10. The molecule has 0 aromatic carbocycles. The highest BCUT2D eigenvalue weighted by Gasteiger charge is 2.49. The summed E-state index contributed by atoms with van der Waals surface area (Å²) in [4.78, 5) is 23.2. The molecule has 0 spiro atoms. The van der Waals surface area contributed by atoms with E-state index < -0.39 is 23.1 Å². The molecule has 0 amide bonds. The van der Waals surface area contributed by atoms with Crippen molar-refractivity contribution in [2.24, 2.45) is 0 Å². The van der Waals surface area contributed by atoms with Gasteiger partial charge in [-0.2, -0.15) is 0 Å². The van der Waals surface area contributed by atoms with Gasteiger partial charge in [-0.05, 0) is 46.6 Å². The van der Waals surface area contributed by atoms with Gasteiger partial charge in [0.05, 0.1) is 0 Å². The Bertz CT molecular complexity index is 287. The van der Waals surface area contributed by atoms with Crippen LogP contribution >= 0.6 is 0 Å². The van der Waals surface area contributed by atoms with Crippen LogP contribution in [0.1, 0.15) is 40.0 Å². The van der Waals surface area contributed by atoms with E-state index in [4.69, 9.17) is 4.74 Å². The van der Waals surface area contributed by atoms with Crippen LogP contribution in [-0.4, -0.2) is 34.7 Å². The summed E-state index contributed by atoms with van der Waals surface area (Å²) in [5.74, 6) is -1.84. The van der Waals surface area contributed by atoms with Crippen molar-refractivity contribution in [3.8, 4) is 0 Å². The summed E-state index contributed by atoms with van der Waals surface area (Å²) >= 11 is 0. The first-order chi connectivity index (χ1) is 7.28. The van der Waals surface area contributed by atoms with Crippen molar-refractivity contribution in [2.75, 3.05) is 6.54 Å². The van der Waals surface area contributed by atoms with E-state index in [0.29, 0.717) is 6.54 Å². The van der Waals surface area contributed by atoms with Crippen molar-refractivity contribution in [1.29, 1.82) is 0 Å². The number of carbonyl (C=O) groups is 2. The fourth-order valence-corrected chi connectivity index (χ4v) is 1.71. The molecule has 0 aromatic rings. The summed E-state index contributed by atoms with van der Waals surface area (Å²) in [6.45, 7) is 5.71. The summed E-state index contributed by atoms with van der Waals surface area (Å²) in [5, 5.41) is 12.0. The zero-order valence-corrected chi connectivity index (χ0v) is 10.0. The van der Waals surface area contributed by atoms with E-state index in [1.807, 2.05) is 0 Å². The van der Waals surface area contributed by atoms with Crippen LogP contribution in [0.4, 0.5) is 0 Å². The van der Waals surface area contributed by atoms with Crippen LogP contribution in [0.3, 0.4) is 0 Å². The largest absolute Gasteiger partial charge is 0.479 e. The summed E-state index contributed by atoms with van der Waals surface area (Å²) in [6, 6.07) is 0. The Labute approximate surface area is 95.2 Å². The predicted molar refractivity (Wildman–Crippen MR) is 58.1 cm³/mol. The number of ether oxygens (including phenoxy) is 1. The van der Waals surface area contributed by atoms with E-state index in [-0.39, 0.29) is 6.42 Å². The van der Waals surface area contributed by atoms with Crippen molar-refractivity contribution in [3.05, 3.63) is 0 Å². The minimum absolute atomic E-state index is 0.289. The molecule has 0 saturated carbocycles. The predicted octanol–water partition coefficient (Wildman–Crippen LogP) is 0.925. The number of carboxylic acids is 1. The number of rotatable bonds is 2. The second-order valence-electron chi connectivity index (χ2n) is 5.10. The fourth-order valence-electron chi connectivity index (χ4n) is 1.71. The maximum Gasteiger partial charge on any atom is 0.338 e. The number of carbonyl (C=O) groups excluding carboxylic acids is 1. The molecule has 1 unspecified atom stereocenters. The van der Waals surface area contributed by atoms with E-state index in [0.717, 1.165) is 12.8 Å². The summed E-state index contributed by atoms with van der Waals surface area (Å²) < 4.78 is 5.16. The van der Waals surface area contributed by atoms with Crippen molar-refractivity contribution in [3.63, 3.8) is 0 Å². The molecule has 0 bridgehead atoms. The molecule has 5 nitrogen and oxygen atoms in total. The monoisotopic (exact) mass is 229 g/mol. The Kier molecular flexibility index (Phi) is 3.57. The van der Waals surface area contributed by atoms with Crippen LogP contribution in [0.25, 0.3) is 0 Å². The number of hydrogen-bond acceptors (Lipinski definition) is 4. The third-order valence-electron chi connectivity index (χ3n) is 2.52. The van der Waals surface area contributed by atoms with E-state index in [1.165, 1.54) is 0 Å². The first-order valence-electron chi connectivity index (χ1n) is 5.50. The second-order valence-corrected chi connectivity index (χ2v) is 5.10. The van der Waals surface area contributed by atoms with Gasteiger partial charge in [-0.3, -0.25) is 5.32 Å². The number of carboxylic acid groups (broad SMARTS) is 1. The standard InChI is InChI=1S/C11H19NO4/c1-10(2,3)16-9(15)11(8(13)14)6-4-5-7-12-11/h12H,4-7H2,1-3H3,(H,13,14). The van der Waals surface area contributed by atoms with Gasteiger partial charge in [0.2, 0.25) is 5.54 Å². The SMILES string of the molecule is CC(C)(C)OC(=O)C1(C(=O)O)CCCCN1. The maximum atomic E-state index is 11.9. The molecule has 1 aliphatic rings. The molecule has 0 aliphatic carbocycles. The van der Waals surface area contributed by atoms with Crippen LogP contribution in [0.2, 0.25) is 0 Å². The molecular weight excluding hydrogens is 210 g/mol. The Balaban J connectivity index is 2.85. The molecule has 0 aromatic heterocycles. The zero-order valence-electron chi connectivity index (χ0n) is 10.0. The van der Waals surface area contributed by atoms with Crippen LogP contribution in [-0.2, 0) is 14.3 Å². The van der Waals surface area contributed by atoms with Gasteiger partial charge >= 0.3 is 11.9 Å². The average Bonchev–Trinajstić information content (AvgIpc) is 2.16. The van der Waals surface area contributed by atoms with Gasteiger partial charge in [0.1, 0.15) is 5.60 Å². The van der Waals surface area contributed by atoms with Crippen LogP contribution in [0.15, 0.2) is 0 Å². The molecule has 1 fully saturated rings. The molecular formula is C11H19NO4. The smallest absolute Gasteiger partial charge is 0.338 e. The number of esters is 1. The second kappa shape index (κ2) is 4.41. The number of piperidine rings is 1. The molecule has 16 heavy (non-hydrogen) atoms. The third kappa shape index (κ3) is 2.72. The van der Waals surface area contributed by atoms with Crippen LogP contribution in [0.5, 0.6) is 0 Å². The van der Waals surface area contributed by atoms with Gasteiger partial charge < -0.3 is 9.84 Å². The first-order valence-corrected chi connectivity index (χ1v) is 5.50. The molecule has 92 valence electrons. The lowest BCUT2D eigenvalue weighted by Crippen LogP contribution is -2.61. The van der Waals surface area contributed by atoms with Crippen LogP contribution < -0.4 is 5.32 Å². The zero-order chi connectivity index (χ0) is 12.4. The highest BCUT2D eigenvalue weighted by molar-refractivity contribution is 6.04. The normalized spacial score (nSPS) is 26.2. The van der Waals surface area contributed by atoms with Crippen molar-refractivity contribution in [1.82, 2.24) is 5.32 Å². The van der Waals surface area contributed by atoms with Crippen molar-refractivity contribution in [2.45, 2.75) is 51.2 Å². The Morgan fingerprint density at radius 1 is 1.31 bits per heavy atom. The van der Waals surface area contributed by atoms with E-state index >= 15 is 0 Å². The Morgan fingerprint density at radius 2 is 1.94 bits per heavy atom. The van der Waals surface area contributed by atoms with Gasteiger partial charge in [-0.15, -0.1) is 0 Å². The van der Waals surface area contributed by atoms with E-state index in [2.05, 4.69) is 5.32 Å². The number of hydrogen-bond donors (Lipinski definition) is 2. The van der Waals surface area contributed by atoms with Gasteiger partial charge in [-0.1, -0.05) is 0 Å². The highest BCUT2D eigenvalue weighted by Crippen LogP contribution is 2.23. The lowest BCUT2D eigenvalue weighted by Gasteiger charge is -2.34. The maximum absolute atomic E-state index is 11.9. The molecule has 1 atom stereocenters. The van der Waals surface area contributed by atoms with E-state index in [1.54, 1.807) is 20.8 Å². The number of aliphatic carboxylic acids is 1. The molecule has 2 N–H and O–H groups in total. The molecule has 1 aliphatic heterocycles. The average molecular weight is 229 g/mol. The molecule has 1 saturated heterocycles. The topological polar surface area (TPSA) is 75.6 Å². The summed E-state index contributed by atoms with van der Waals surface area (Å²) in [6.07, 6.45) is 1.90. The van der Waals surface area contributed by atoms with Crippen molar-refractivity contribution >= 4 is 11.9 Å². The van der Waals surface area contributed by atoms with Gasteiger partial charge in [0.25, 0.3) is 0 Å². The van der Waals surface area contributed by atoms with Crippen LogP contribution in [0, 0.1) is 0 Å². The quantitative estimate of drug-likeness (QED) is 0.544. The fraction of sp³-hybridized carbons (Fsp3) is 0.818. The highest BCUT2D eigenvalue weighted by atomic mass is 16.6. The Morgan fingerprint density at radius 3 is 2.31 bits per heavy atom. The molecule has 1 rings (SSSR count). The third-order valence-corrected chi connectivity index (χ3v) is 2.52. The van der Waals surface area contributed by atoms with Gasteiger partial charge in [-0.25, -0.2) is 9.59 Å². The molecule has 0 radical (unpaired) electrons. The minimum Gasteiger partial charge on any atom is -0.479 e. The van der Waals surface area contributed by atoms with Gasteiger partial charge in [0, 0.05) is 0 Å². The minimum atomic E-state index is -1.55.